The lowest BCUT2D eigenvalue weighted by Gasteiger charge is -2.22. The van der Waals surface area contributed by atoms with E-state index in [1.165, 1.54) is 0 Å². The number of nitrogen functional groups attached to an aromatic ring is 1. The zero-order chi connectivity index (χ0) is 13.1. The van der Waals surface area contributed by atoms with Crippen molar-refractivity contribution < 1.29 is 5.11 Å². The van der Waals surface area contributed by atoms with E-state index >= 15 is 0 Å². The third-order valence-corrected chi connectivity index (χ3v) is 4.28. The highest BCUT2D eigenvalue weighted by atomic mass is 32.2. The van der Waals surface area contributed by atoms with E-state index in [1.807, 2.05) is 13.2 Å². The second-order valence-electron chi connectivity index (χ2n) is 4.70. The summed E-state index contributed by atoms with van der Waals surface area (Å²) >= 11 is 1.64. The van der Waals surface area contributed by atoms with Crippen LogP contribution in [0.5, 0.6) is 0 Å². The molecule has 6 heteroatoms. The Kier molecular flexibility index (Phi) is 4.29. The van der Waals surface area contributed by atoms with Crippen LogP contribution >= 0.6 is 11.8 Å². The molecule has 0 bridgehead atoms. The van der Waals surface area contributed by atoms with Gasteiger partial charge in [-0.25, -0.2) is 9.97 Å². The van der Waals surface area contributed by atoms with E-state index in [0.717, 1.165) is 24.5 Å². The molecule has 1 aliphatic carbocycles. The zero-order valence-electron chi connectivity index (χ0n) is 10.8. The highest BCUT2D eigenvalue weighted by Crippen LogP contribution is 2.38. The van der Waals surface area contributed by atoms with Gasteiger partial charge in [0.05, 0.1) is 6.61 Å². The summed E-state index contributed by atoms with van der Waals surface area (Å²) in [6.07, 6.45) is 4.30. The first-order valence-corrected chi connectivity index (χ1v) is 7.47. The monoisotopic (exact) mass is 268 g/mol. The van der Waals surface area contributed by atoms with Gasteiger partial charge in [0, 0.05) is 23.3 Å². The van der Waals surface area contributed by atoms with Crippen molar-refractivity contribution in [1.29, 1.82) is 0 Å². The Hall–Kier alpha value is -1.01. The SMILES string of the molecule is CSC(CO)C(C)Nc1cc(N)nc(C2CC2)n1. The normalized spacial score (nSPS) is 18.4. The second kappa shape index (κ2) is 5.75. The van der Waals surface area contributed by atoms with Crippen molar-refractivity contribution >= 4 is 23.4 Å². The van der Waals surface area contributed by atoms with Crippen molar-refractivity contribution in [1.82, 2.24) is 9.97 Å². The molecular weight excluding hydrogens is 248 g/mol. The van der Waals surface area contributed by atoms with E-state index in [1.54, 1.807) is 17.8 Å². The standard InChI is InChI=1S/C12H20N4OS/c1-7(9(6-17)18-2)14-11-5-10(13)15-12(16-11)8-3-4-8/h5,7-9,17H,3-4,6H2,1-2H3,(H3,13,14,15,16). The molecule has 100 valence electrons. The van der Waals surface area contributed by atoms with Gasteiger partial charge in [-0.05, 0) is 26.0 Å². The maximum Gasteiger partial charge on any atom is 0.136 e. The van der Waals surface area contributed by atoms with Crippen LogP contribution in [0.25, 0.3) is 0 Å². The summed E-state index contributed by atoms with van der Waals surface area (Å²) in [5.74, 6) is 2.59. The van der Waals surface area contributed by atoms with Crippen LogP contribution in [0.15, 0.2) is 6.07 Å². The predicted octanol–water partition coefficient (Wildman–Crippen LogP) is 1.46. The quantitative estimate of drug-likeness (QED) is 0.724. The van der Waals surface area contributed by atoms with Gasteiger partial charge in [0.15, 0.2) is 0 Å². The molecule has 0 aliphatic heterocycles. The number of anilines is 2. The number of hydrogen-bond donors (Lipinski definition) is 3. The van der Waals surface area contributed by atoms with Gasteiger partial charge in [0.25, 0.3) is 0 Å². The summed E-state index contributed by atoms with van der Waals surface area (Å²) in [7, 11) is 0. The minimum atomic E-state index is 0.131. The van der Waals surface area contributed by atoms with Gasteiger partial charge >= 0.3 is 0 Å². The minimum absolute atomic E-state index is 0.131. The van der Waals surface area contributed by atoms with Gasteiger partial charge in [-0.15, -0.1) is 0 Å². The lowest BCUT2D eigenvalue weighted by atomic mass is 10.2. The lowest BCUT2D eigenvalue weighted by Crippen LogP contribution is -2.31. The smallest absolute Gasteiger partial charge is 0.136 e. The fourth-order valence-electron chi connectivity index (χ4n) is 1.85. The summed E-state index contributed by atoms with van der Waals surface area (Å²) in [4.78, 5) is 8.75. The predicted molar refractivity (Wildman–Crippen MR) is 75.9 cm³/mol. The van der Waals surface area contributed by atoms with Gasteiger partial charge in [-0.2, -0.15) is 11.8 Å². The molecule has 2 unspecified atom stereocenters. The molecule has 18 heavy (non-hydrogen) atoms. The van der Waals surface area contributed by atoms with Crippen molar-refractivity contribution in [3.8, 4) is 0 Å². The van der Waals surface area contributed by atoms with E-state index in [-0.39, 0.29) is 17.9 Å². The van der Waals surface area contributed by atoms with Crippen LogP contribution in [0.4, 0.5) is 11.6 Å². The number of aliphatic hydroxyl groups excluding tert-OH is 1. The highest BCUT2D eigenvalue weighted by molar-refractivity contribution is 7.99. The molecule has 1 aromatic heterocycles. The number of thioether (sulfide) groups is 1. The van der Waals surface area contributed by atoms with Crippen molar-refractivity contribution in [3.63, 3.8) is 0 Å². The summed E-state index contributed by atoms with van der Waals surface area (Å²) in [6, 6.07) is 1.88. The molecule has 2 rings (SSSR count). The largest absolute Gasteiger partial charge is 0.395 e. The maximum absolute atomic E-state index is 9.26. The van der Waals surface area contributed by atoms with Gasteiger partial charge in [0.2, 0.25) is 0 Å². The Morgan fingerprint density at radius 1 is 1.56 bits per heavy atom. The number of nitrogens with one attached hydrogen (secondary N) is 1. The van der Waals surface area contributed by atoms with E-state index in [4.69, 9.17) is 5.73 Å². The fraction of sp³-hybridized carbons (Fsp3) is 0.667. The second-order valence-corrected chi connectivity index (χ2v) is 5.78. The van der Waals surface area contributed by atoms with Crippen LogP contribution in [-0.2, 0) is 0 Å². The topological polar surface area (TPSA) is 84.1 Å². The van der Waals surface area contributed by atoms with Crippen LogP contribution in [0.1, 0.15) is 31.5 Å². The van der Waals surface area contributed by atoms with Crippen molar-refractivity contribution in [2.75, 3.05) is 23.9 Å². The van der Waals surface area contributed by atoms with E-state index in [2.05, 4.69) is 15.3 Å². The molecular formula is C12H20N4OS. The number of rotatable bonds is 6. The Labute approximate surface area is 112 Å². The average Bonchev–Trinajstić information content (AvgIpc) is 3.13. The lowest BCUT2D eigenvalue weighted by molar-refractivity contribution is 0.288. The first-order valence-electron chi connectivity index (χ1n) is 6.18. The van der Waals surface area contributed by atoms with Crippen LogP contribution in [0, 0.1) is 0 Å². The van der Waals surface area contributed by atoms with Crippen LogP contribution < -0.4 is 11.1 Å². The van der Waals surface area contributed by atoms with Gasteiger partial charge in [0.1, 0.15) is 17.5 Å². The van der Waals surface area contributed by atoms with Crippen LogP contribution in [-0.4, -0.2) is 39.2 Å². The molecule has 2 atom stereocenters. The van der Waals surface area contributed by atoms with Crippen molar-refractivity contribution in [2.45, 2.75) is 37.0 Å². The molecule has 1 aromatic rings. The van der Waals surface area contributed by atoms with E-state index in [0.29, 0.717) is 11.7 Å². The first-order chi connectivity index (χ1) is 8.63. The van der Waals surface area contributed by atoms with Gasteiger partial charge in [-0.1, -0.05) is 0 Å². The maximum atomic E-state index is 9.26. The summed E-state index contributed by atoms with van der Waals surface area (Å²) in [5, 5.41) is 12.7. The molecule has 1 heterocycles. The zero-order valence-corrected chi connectivity index (χ0v) is 11.6. The number of aromatic nitrogens is 2. The molecule has 0 saturated heterocycles. The van der Waals surface area contributed by atoms with Gasteiger partial charge in [-0.3, -0.25) is 0 Å². The molecule has 0 aromatic carbocycles. The Morgan fingerprint density at radius 3 is 2.83 bits per heavy atom. The Balaban J connectivity index is 2.08. The summed E-state index contributed by atoms with van der Waals surface area (Å²) in [6.45, 7) is 2.18. The molecule has 4 N–H and O–H groups in total. The van der Waals surface area contributed by atoms with Crippen LogP contribution in [0.3, 0.4) is 0 Å². The summed E-state index contributed by atoms with van der Waals surface area (Å²) < 4.78 is 0. The van der Waals surface area contributed by atoms with Crippen LogP contribution in [0.2, 0.25) is 0 Å². The number of hydrogen-bond acceptors (Lipinski definition) is 6. The molecule has 0 spiro atoms. The van der Waals surface area contributed by atoms with E-state index in [9.17, 15) is 5.11 Å². The van der Waals surface area contributed by atoms with Crippen molar-refractivity contribution in [3.05, 3.63) is 11.9 Å². The highest BCUT2D eigenvalue weighted by Gasteiger charge is 2.27. The van der Waals surface area contributed by atoms with E-state index < -0.39 is 0 Å². The summed E-state index contributed by atoms with van der Waals surface area (Å²) in [5.41, 5.74) is 5.80. The first kappa shape index (κ1) is 13.4. The average molecular weight is 268 g/mol. The molecule has 0 amide bonds. The molecule has 1 aliphatic rings. The number of nitrogens with two attached hydrogens (primary N) is 1. The molecule has 1 saturated carbocycles. The number of nitrogens with zero attached hydrogens (tertiary/aromatic N) is 2. The molecule has 0 radical (unpaired) electrons. The fourth-order valence-corrected chi connectivity index (χ4v) is 2.47. The third kappa shape index (κ3) is 3.26. The number of aliphatic hydroxyl groups is 1. The Bertz CT molecular complexity index is 407. The van der Waals surface area contributed by atoms with Gasteiger partial charge < -0.3 is 16.2 Å². The molecule has 1 fully saturated rings. The minimum Gasteiger partial charge on any atom is -0.395 e. The molecule has 5 nitrogen and oxygen atoms in total. The third-order valence-electron chi connectivity index (χ3n) is 3.12. The van der Waals surface area contributed by atoms with Crippen molar-refractivity contribution in [2.24, 2.45) is 0 Å². The Morgan fingerprint density at radius 2 is 2.28 bits per heavy atom.